The molecular formula is C10H24N2O8P2S2. The lowest BCUT2D eigenvalue weighted by Crippen LogP contribution is -2.19. The van der Waals surface area contributed by atoms with Crippen LogP contribution in [0.15, 0.2) is 0 Å². The van der Waals surface area contributed by atoms with Crippen molar-refractivity contribution in [1.29, 1.82) is 0 Å². The number of amides is 2. The van der Waals surface area contributed by atoms with E-state index in [-0.39, 0.29) is 23.3 Å². The fraction of sp³-hybridized carbons (Fsp3) is 0.800. The second-order valence-corrected chi connectivity index (χ2v) is 12.1. The summed E-state index contributed by atoms with van der Waals surface area (Å²) in [6, 6.07) is 0. The first kappa shape index (κ1) is 26.2. The first-order chi connectivity index (χ1) is 11.2. The molecule has 0 bridgehead atoms. The van der Waals surface area contributed by atoms with Gasteiger partial charge in [0.15, 0.2) is 0 Å². The molecule has 14 heteroatoms. The Morgan fingerprint density at radius 3 is 1.17 bits per heavy atom. The van der Waals surface area contributed by atoms with Gasteiger partial charge in [0, 0.05) is 42.5 Å². The molecular weight excluding hydrogens is 402 g/mol. The van der Waals surface area contributed by atoms with Crippen molar-refractivity contribution < 1.29 is 36.8 Å². The van der Waals surface area contributed by atoms with E-state index in [1.165, 1.54) is 42.5 Å². The Kier molecular flexibility index (Phi) is 15.4. The second kappa shape index (κ2) is 14.1. The summed E-state index contributed by atoms with van der Waals surface area (Å²) in [6.07, 6.45) is 0. The van der Waals surface area contributed by atoms with Crippen molar-refractivity contribution >= 4 is 48.2 Å². The first-order valence-corrected chi connectivity index (χ1v) is 12.6. The highest BCUT2D eigenvalue weighted by atomic mass is 32.7. The van der Waals surface area contributed by atoms with E-state index in [2.05, 4.69) is 28.7 Å². The molecule has 0 fully saturated rings. The highest BCUT2D eigenvalue weighted by Gasteiger charge is 2.23. The summed E-state index contributed by atoms with van der Waals surface area (Å²) < 4.78 is 41.0. The standard InChI is InChI=1S/2C5H12NO4PS/c2*1-6-5(7)4-12-11(8,9-2)10-3/h2*4H2,1-3H3,(H,6,7). The van der Waals surface area contributed by atoms with Gasteiger partial charge in [-0.25, -0.2) is 9.13 Å². The molecule has 0 saturated carbocycles. The summed E-state index contributed by atoms with van der Waals surface area (Å²) in [5.74, 6) is -0.297. The summed E-state index contributed by atoms with van der Waals surface area (Å²) >= 11 is 1.71. The number of hydrogen-bond donors (Lipinski definition) is 2. The minimum atomic E-state index is -3.09. The zero-order valence-electron chi connectivity index (χ0n) is 14.4. The molecule has 144 valence electrons. The lowest BCUT2D eigenvalue weighted by molar-refractivity contribution is -0.118. The summed E-state index contributed by atoms with van der Waals surface area (Å²) in [4.78, 5) is 21.5. The second-order valence-electron chi connectivity index (χ2n) is 3.52. The van der Waals surface area contributed by atoms with Gasteiger partial charge in [0.25, 0.3) is 0 Å². The van der Waals surface area contributed by atoms with Crippen molar-refractivity contribution in [3.8, 4) is 0 Å². The van der Waals surface area contributed by atoms with Crippen LogP contribution in [0.1, 0.15) is 0 Å². The smallest absolute Gasteiger partial charge is 0.358 e. The molecule has 0 atom stereocenters. The molecule has 24 heavy (non-hydrogen) atoms. The molecule has 0 aromatic heterocycles. The topological polar surface area (TPSA) is 129 Å². The Hall–Kier alpha value is -0.0600. The Balaban J connectivity index is 0. The van der Waals surface area contributed by atoms with Crippen molar-refractivity contribution in [3.63, 3.8) is 0 Å². The number of hydrogen-bond acceptors (Lipinski definition) is 10. The molecule has 0 saturated heterocycles. The fourth-order valence-electron chi connectivity index (χ4n) is 0.780. The van der Waals surface area contributed by atoms with Crippen molar-refractivity contribution in [2.75, 3.05) is 54.0 Å². The molecule has 10 nitrogen and oxygen atoms in total. The maximum atomic E-state index is 11.3. The summed E-state index contributed by atoms with van der Waals surface area (Å²) in [5, 5.41) is 4.79. The minimum Gasteiger partial charge on any atom is -0.358 e. The zero-order valence-corrected chi connectivity index (χ0v) is 17.8. The summed E-state index contributed by atoms with van der Waals surface area (Å²) in [6.45, 7) is -6.18. The number of carbonyl (C=O) groups is 2. The highest BCUT2D eigenvalue weighted by molar-refractivity contribution is 8.55. The molecule has 0 aliphatic carbocycles. The van der Waals surface area contributed by atoms with Gasteiger partial charge in [0.05, 0.1) is 11.5 Å². The molecule has 0 unspecified atom stereocenters. The third-order valence-corrected chi connectivity index (χ3v) is 9.82. The third kappa shape index (κ3) is 12.3. The molecule has 0 aromatic carbocycles. The van der Waals surface area contributed by atoms with E-state index in [9.17, 15) is 18.7 Å². The van der Waals surface area contributed by atoms with Gasteiger partial charge >= 0.3 is 13.6 Å². The molecule has 0 rings (SSSR count). The van der Waals surface area contributed by atoms with Crippen molar-refractivity contribution in [2.45, 2.75) is 0 Å². The Morgan fingerprint density at radius 1 is 0.750 bits per heavy atom. The predicted octanol–water partition coefficient (Wildman–Crippen LogP) is 1.73. The minimum absolute atomic E-state index is 0.0649. The quantitative estimate of drug-likeness (QED) is 0.498. The van der Waals surface area contributed by atoms with Crippen molar-refractivity contribution in [2.24, 2.45) is 0 Å². The number of nitrogens with one attached hydrogen (secondary N) is 2. The first-order valence-electron chi connectivity index (χ1n) is 6.29. The fourth-order valence-corrected chi connectivity index (χ4v) is 5.26. The highest BCUT2D eigenvalue weighted by Crippen LogP contribution is 2.59. The Morgan fingerprint density at radius 2 is 1.00 bits per heavy atom. The average Bonchev–Trinajstić information content (AvgIpc) is 2.63. The van der Waals surface area contributed by atoms with Crippen LogP contribution in [0.3, 0.4) is 0 Å². The Labute approximate surface area is 150 Å². The van der Waals surface area contributed by atoms with Crippen LogP contribution in [0.2, 0.25) is 0 Å². The lowest BCUT2D eigenvalue weighted by Gasteiger charge is -2.11. The molecule has 0 heterocycles. The number of carbonyl (C=O) groups excluding carboxylic acids is 2. The van der Waals surface area contributed by atoms with E-state index in [1.807, 2.05) is 0 Å². The normalized spacial score (nSPS) is 11.2. The van der Waals surface area contributed by atoms with Gasteiger partial charge in [-0.15, -0.1) is 0 Å². The van der Waals surface area contributed by atoms with E-state index < -0.39 is 13.6 Å². The predicted molar refractivity (Wildman–Crippen MR) is 96.3 cm³/mol. The molecule has 0 aliphatic heterocycles. The third-order valence-electron chi connectivity index (χ3n) is 2.16. The molecule has 0 aliphatic rings. The van der Waals surface area contributed by atoms with E-state index >= 15 is 0 Å². The van der Waals surface area contributed by atoms with E-state index in [0.717, 1.165) is 22.8 Å². The summed E-state index contributed by atoms with van der Waals surface area (Å²) in [5.41, 5.74) is 0. The molecule has 0 spiro atoms. The van der Waals surface area contributed by atoms with Crippen LogP contribution in [-0.2, 0) is 36.8 Å². The van der Waals surface area contributed by atoms with Crippen LogP contribution in [0.5, 0.6) is 0 Å². The maximum absolute atomic E-state index is 11.3. The van der Waals surface area contributed by atoms with Gasteiger partial charge in [-0.2, -0.15) is 0 Å². The van der Waals surface area contributed by atoms with Gasteiger partial charge in [-0.1, -0.05) is 0 Å². The SMILES string of the molecule is CNC(=O)CSP(=O)(OC)OC.CNC(=O)CSP(=O)(OC)OC. The molecule has 2 amide bonds. The van der Waals surface area contributed by atoms with E-state index in [1.54, 1.807) is 0 Å². The molecule has 0 radical (unpaired) electrons. The lowest BCUT2D eigenvalue weighted by atomic mass is 10.7. The van der Waals surface area contributed by atoms with E-state index in [0.29, 0.717) is 0 Å². The average molecular weight is 426 g/mol. The van der Waals surface area contributed by atoms with E-state index in [4.69, 9.17) is 0 Å². The summed E-state index contributed by atoms with van der Waals surface area (Å²) in [7, 11) is 8.13. The van der Waals surface area contributed by atoms with Crippen LogP contribution in [0.4, 0.5) is 0 Å². The van der Waals surface area contributed by atoms with Gasteiger partial charge < -0.3 is 28.7 Å². The Bertz CT molecular complexity index is 422. The zero-order chi connectivity index (χ0) is 19.2. The molecule has 0 aromatic rings. The monoisotopic (exact) mass is 426 g/mol. The number of rotatable bonds is 10. The van der Waals surface area contributed by atoms with Crippen molar-refractivity contribution in [3.05, 3.63) is 0 Å². The van der Waals surface area contributed by atoms with Gasteiger partial charge in [-0.3, -0.25) is 9.59 Å². The van der Waals surface area contributed by atoms with Gasteiger partial charge in [0.1, 0.15) is 0 Å². The maximum Gasteiger partial charge on any atom is 0.389 e. The van der Waals surface area contributed by atoms with Crippen LogP contribution in [-0.4, -0.2) is 65.9 Å². The van der Waals surface area contributed by atoms with Crippen LogP contribution >= 0.6 is 36.4 Å². The van der Waals surface area contributed by atoms with Crippen LogP contribution in [0, 0.1) is 0 Å². The van der Waals surface area contributed by atoms with Crippen LogP contribution < -0.4 is 10.6 Å². The molecule has 2 N–H and O–H groups in total. The van der Waals surface area contributed by atoms with Crippen LogP contribution in [0.25, 0.3) is 0 Å². The van der Waals surface area contributed by atoms with Gasteiger partial charge in [-0.05, 0) is 22.8 Å². The largest absolute Gasteiger partial charge is 0.389 e. The van der Waals surface area contributed by atoms with Crippen molar-refractivity contribution in [1.82, 2.24) is 10.6 Å². The van der Waals surface area contributed by atoms with Gasteiger partial charge in [0.2, 0.25) is 11.8 Å².